The Labute approximate surface area is 450 Å². The van der Waals surface area contributed by atoms with Crippen molar-refractivity contribution in [2.45, 2.75) is 215 Å². The molecule has 0 aliphatic rings. The Kier molecular flexibility index (Phi) is 22.5. The van der Waals surface area contributed by atoms with E-state index in [1.165, 1.54) is 167 Å². The van der Waals surface area contributed by atoms with Crippen LogP contribution in [0.5, 0.6) is 0 Å². The molecule has 1 unspecified atom stereocenters. The molecule has 73 heavy (non-hydrogen) atoms. The fourth-order valence-electron chi connectivity index (χ4n) is 10.5. The molecule has 0 fully saturated rings. The first kappa shape index (κ1) is 56.9. The van der Waals surface area contributed by atoms with Crippen molar-refractivity contribution in [3.63, 3.8) is 0 Å². The van der Waals surface area contributed by atoms with E-state index >= 15 is 8.78 Å². The number of hydrogen-bond acceptors (Lipinski definition) is 9. The summed E-state index contributed by atoms with van der Waals surface area (Å²) in [5.74, 6) is -1.95. The van der Waals surface area contributed by atoms with E-state index in [1.807, 2.05) is 50.2 Å². The molecule has 5 heterocycles. The average molecular weight is 1070 g/mol. The minimum Gasteiger partial charge on any atom is -0.462 e. The molecular formula is C61H81F2N3O3S4. The lowest BCUT2D eigenvalue weighted by Crippen LogP contribution is -2.14. The molecule has 7 aromatic rings. The lowest BCUT2D eigenvalue weighted by Gasteiger charge is -2.16. The van der Waals surface area contributed by atoms with Gasteiger partial charge in [-0.3, -0.25) is 4.79 Å². The van der Waals surface area contributed by atoms with Crippen LogP contribution in [0.25, 0.3) is 61.8 Å². The highest BCUT2D eigenvalue weighted by molar-refractivity contribution is 7.27. The summed E-state index contributed by atoms with van der Waals surface area (Å²) in [6, 6.07) is 11.5. The summed E-state index contributed by atoms with van der Waals surface area (Å²) in [7, 11) is 0. The number of unbranched alkanes of at least 4 members (excludes halogenated alkanes) is 21. The maximum absolute atomic E-state index is 17.0. The van der Waals surface area contributed by atoms with Gasteiger partial charge in [0.1, 0.15) is 11.0 Å². The highest BCUT2D eigenvalue weighted by Crippen LogP contribution is 2.48. The van der Waals surface area contributed by atoms with E-state index in [0.717, 1.165) is 74.5 Å². The first-order valence-electron chi connectivity index (χ1n) is 28.1. The van der Waals surface area contributed by atoms with Gasteiger partial charge in [-0.15, -0.1) is 45.3 Å². The number of thiophene rings is 4. The first-order chi connectivity index (χ1) is 35.5. The van der Waals surface area contributed by atoms with Crippen molar-refractivity contribution in [2.75, 3.05) is 6.61 Å². The van der Waals surface area contributed by atoms with Crippen LogP contribution in [0.2, 0.25) is 0 Å². The molecule has 0 saturated heterocycles. The summed E-state index contributed by atoms with van der Waals surface area (Å²) in [6.45, 7) is 13.2. The van der Waals surface area contributed by atoms with E-state index in [1.54, 1.807) is 11.7 Å². The topological polar surface area (TPSA) is 74.1 Å². The largest absolute Gasteiger partial charge is 0.462 e. The number of ketones is 1. The molecule has 0 aliphatic heterocycles. The summed E-state index contributed by atoms with van der Waals surface area (Å²) in [4.78, 5) is 34.3. The van der Waals surface area contributed by atoms with Gasteiger partial charge < -0.3 is 4.74 Å². The van der Waals surface area contributed by atoms with Crippen LogP contribution in [-0.2, 0) is 11.3 Å². The van der Waals surface area contributed by atoms with Gasteiger partial charge in [0.15, 0.2) is 17.4 Å². The monoisotopic (exact) mass is 1070 g/mol. The summed E-state index contributed by atoms with van der Waals surface area (Å²) in [5.41, 5.74) is 2.09. The van der Waals surface area contributed by atoms with Crippen molar-refractivity contribution < 1.29 is 23.1 Å². The van der Waals surface area contributed by atoms with Gasteiger partial charge in [0.05, 0.1) is 34.5 Å². The number of fused-ring (bicyclic) bond motifs is 3. The number of aryl methyl sites for hydroxylation is 2. The Morgan fingerprint density at radius 2 is 1.00 bits per heavy atom. The SMILES string of the molecule is CCCCCCCCCCCCOC(=O)c1c2cc(C)sc2c(C(C)=O)c2cc(-c3ccc(-c4c(F)c(F)c(-c5ccc(C)s5)c5nn(CC(CCCCCCCC)CCCCCCCCCC)nc45)s3)sc12. The third-order valence-electron chi connectivity index (χ3n) is 14.6. The molecule has 396 valence electrons. The van der Waals surface area contributed by atoms with E-state index < -0.39 is 11.6 Å². The number of hydrogen-bond donors (Lipinski definition) is 0. The summed E-state index contributed by atoms with van der Waals surface area (Å²) in [5, 5.41) is 11.6. The van der Waals surface area contributed by atoms with Crippen molar-refractivity contribution in [2.24, 2.45) is 5.92 Å². The van der Waals surface area contributed by atoms with Crippen LogP contribution in [0, 0.1) is 31.4 Å². The summed E-state index contributed by atoms with van der Waals surface area (Å²) in [6.07, 6.45) is 31.6. The van der Waals surface area contributed by atoms with E-state index in [0.29, 0.717) is 61.1 Å². The number of ether oxygens (including phenoxy) is 1. The van der Waals surface area contributed by atoms with Gasteiger partial charge >= 0.3 is 5.97 Å². The second-order valence-corrected chi connectivity index (χ2v) is 25.3. The van der Waals surface area contributed by atoms with Gasteiger partial charge in [-0.05, 0) is 82.3 Å². The molecular weight excluding hydrogens is 989 g/mol. The van der Waals surface area contributed by atoms with Gasteiger partial charge in [0.25, 0.3) is 0 Å². The third kappa shape index (κ3) is 15.0. The highest BCUT2D eigenvalue weighted by Gasteiger charge is 2.30. The number of carbonyl (C=O) groups excluding carboxylic acids is 2. The maximum Gasteiger partial charge on any atom is 0.340 e. The fraction of sp³-hybridized carbons (Fsp3) is 0.574. The minimum absolute atomic E-state index is 0.0746. The van der Waals surface area contributed by atoms with Crippen molar-refractivity contribution in [3.8, 4) is 30.6 Å². The number of rotatable bonds is 34. The molecule has 0 aliphatic carbocycles. The number of carbonyl (C=O) groups is 2. The number of Topliss-reactive ketones (excluding diaryl/α,β-unsaturated/α-hetero) is 1. The van der Waals surface area contributed by atoms with Crippen molar-refractivity contribution in [3.05, 3.63) is 68.9 Å². The van der Waals surface area contributed by atoms with Gasteiger partial charge in [0, 0.05) is 50.3 Å². The van der Waals surface area contributed by atoms with Crippen LogP contribution < -0.4 is 0 Å². The van der Waals surface area contributed by atoms with E-state index in [9.17, 15) is 9.59 Å². The smallest absolute Gasteiger partial charge is 0.340 e. The molecule has 7 rings (SSSR count). The molecule has 0 saturated carbocycles. The van der Waals surface area contributed by atoms with Gasteiger partial charge in [-0.1, -0.05) is 168 Å². The minimum atomic E-state index is -0.935. The summed E-state index contributed by atoms with van der Waals surface area (Å²) < 4.78 is 41.4. The Bertz CT molecular complexity index is 2870. The first-order valence-corrected chi connectivity index (χ1v) is 31.4. The van der Waals surface area contributed by atoms with Crippen LogP contribution >= 0.6 is 45.3 Å². The zero-order chi connectivity index (χ0) is 51.7. The van der Waals surface area contributed by atoms with Crippen molar-refractivity contribution in [1.29, 1.82) is 0 Å². The molecule has 6 nitrogen and oxygen atoms in total. The Balaban J connectivity index is 1.18. The van der Waals surface area contributed by atoms with E-state index in [4.69, 9.17) is 14.9 Å². The van der Waals surface area contributed by atoms with E-state index in [-0.39, 0.29) is 22.9 Å². The number of aromatic nitrogens is 3. The van der Waals surface area contributed by atoms with Crippen LogP contribution in [0.3, 0.4) is 0 Å². The lowest BCUT2D eigenvalue weighted by atomic mass is 9.94. The molecule has 0 spiro atoms. The van der Waals surface area contributed by atoms with Gasteiger partial charge in [-0.25, -0.2) is 13.6 Å². The molecule has 0 N–H and O–H groups in total. The van der Waals surface area contributed by atoms with Crippen LogP contribution in [0.1, 0.15) is 225 Å². The van der Waals surface area contributed by atoms with Gasteiger partial charge in [-0.2, -0.15) is 15.0 Å². The molecule has 1 atom stereocenters. The highest BCUT2D eigenvalue weighted by atomic mass is 32.1. The predicted octanol–water partition coefficient (Wildman–Crippen LogP) is 21.1. The van der Waals surface area contributed by atoms with Crippen LogP contribution in [0.4, 0.5) is 8.78 Å². The standard InChI is InChI=1S/C61H81F2N3O3S4/c1-7-10-13-16-19-21-22-24-27-30-37-69-61(68)52-45-38-42(5)71-59(45)51(43(6)67)46-39-50(73-60(46)52)47-35-36-49(72-47)54-56(63)55(62)53(48-34-33-41(4)70-48)57-58(54)65-66(64-57)40-44(31-28-25-18-15-12-9-3)32-29-26-23-20-17-14-11-8-2/h33-36,38-39,44H,7-32,37,40H2,1-6H3. The molecule has 0 radical (unpaired) electrons. The van der Waals surface area contributed by atoms with Crippen LogP contribution in [0.15, 0.2) is 36.4 Å². The zero-order valence-corrected chi connectivity index (χ0v) is 48.1. The number of nitrogens with zero attached hydrogens (tertiary/aromatic N) is 3. The molecule has 0 bridgehead atoms. The Hall–Kier alpha value is -3.84. The summed E-state index contributed by atoms with van der Waals surface area (Å²) >= 11 is 5.75. The Morgan fingerprint density at radius 3 is 1.52 bits per heavy atom. The zero-order valence-electron chi connectivity index (χ0n) is 44.8. The molecule has 12 heteroatoms. The van der Waals surface area contributed by atoms with Crippen molar-refractivity contribution >= 4 is 88.3 Å². The number of esters is 1. The quantitative estimate of drug-likeness (QED) is 0.0228. The third-order valence-corrected chi connectivity index (χ3v) is 19.1. The Morgan fingerprint density at radius 1 is 0.534 bits per heavy atom. The second kappa shape index (κ2) is 28.9. The number of halogens is 2. The molecule has 0 amide bonds. The van der Waals surface area contributed by atoms with E-state index in [2.05, 4.69) is 20.8 Å². The fourth-order valence-corrected chi connectivity index (χ4v) is 14.9. The van der Waals surface area contributed by atoms with Crippen LogP contribution in [-0.4, -0.2) is 33.4 Å². The van der Waals surface area contributed by atoms with Crippen molar-refractivity contribution in [1.82, 2.24) is 15.0 Å². The number of benzene rings is 2. The second-order valence-electron chi connectivity index (χ2n) is 20.7. The normalized spacial score (nSPS) is 12.3. The lowest BCUT2D eigenvalue weighted by molar-refractivity contribution is 0.0502. The van der Waals surface area contributed by atoms with Gasteiger partial charge in [0.2, 0.25) is 0 Å². The predicted molar refractivity (Wildman–Crippen MR) is 311 cm³/mol. The average Bonchev–Trinajstić information content (AvgIpc) is 4.24. The molecule has 2 aromatic carbocycles. The molecule has 5 aromatic heterocycles. The maximum atomic E-state index is 17.0.